The lowest BCUT2D eigenvalue weighted by atomic mass is 10.0. The summed E-state index contributed by atoms with van der Waals surface area (Å²) in [7, 11) is 0. The van der Waals surface area contributed by atoms with Crippen molar-refractivity contribution in [3.05, 3.63) is 45.7 Å². The number of carboxylic acid groups (broad SMARTS) is 1. The molecule has 2 atom stereocenters. The number of aromatic nitrogens is 1. The molecule has 0 unspecified atom stereocenters. The van der Waals surface area contributed by atoms with Gasteiger partial charge in [-0.15, -0.1) is 0 Å². The molecule has 2 aromatic rings. The molecule has 136 valence electrons. The number of amides is 1. The highest BCUT2D eigenvalue weighted by atomic mass is 16.5. The zero-order valence-electron chi connectivity index (χ0n) is 14.1. The van der Waals surface area contributed by atoms with Crippen molar-refractivity contribution in [2.75, 3.05) is 19.7 Å². The minimum absolute atomic E-state index is 0.0708. The number of cyclic esters (lactones) is 1. The van der Waals surface area contributed by atoms with E-state index in [1.807, 2.05) is 19.1 Å². The van der Waals surface area contributed by atoms with Gasteiger partial charge in [0, 0.05) is 36.0 Å². The summed E-state index contributed by atoms with van der Waals surface area (Å²) in [5, 5.41) is 7.62. The molecule has 26 heavy (non-hydrogen) atoms. The number of rotatable bonds is 1. The number of nitrogens with one attached hydrogen (secondary N) is 1. The molecule has 2 N–H and O–H groups in total. The van der Waals surface area contributed by atoms with Crippen molar-refractivity contribution in [3.8, 4) is 0 Å². The summed E-state index contributed by atoms with van der Waals surface area (Å²) in [6.07, 6.45) is 0. The fourth-order valence-electron chi connectivity index (χ4n) is 3.48. The fourth-order valence-corrected chi connectivity index (χ4v) is 3.48. The summed E-state index contributed by atoms with van der Waals surface area (Å²) in [4.78, 5) is 49.2. The first-order valence-electron chi connectivity index (χ1n) is 8.12. The van der Waals surface area contributed by atoms with Crippen LogP contribution in [-0.2, 0) is 14.3 Å². The number of nitrogens with zero attached hydrogens (tertiary/aromatic N) is 1. The number of aromatic amines is 1. The maximum atomic E-state index is 12.9. The van der Waals surface area contributed by atoms with E-state index in [4.69, 9.17) is 14.6 Å². The molecule has 2 saturated heterocycles. The van der Waals surface area contributed by atoms with Crippen LogP contribution in [0.25, 0.3) is 10.9 Å². The molecule has 0 bridgehead atoms. The first kappa shape index (κ1) is 17.7. The second-order valence-electron chi connectivity index (χ2n) is 6.41. The van der Waals surface area contributed by atoms with Crippen molar-refractivity contribution in [1.29, 1.82) is 0 Å². The van der Waals surface area contributed by atoms with E-state index in [9.17, 15) is 14.4 Å². The predicted molar refractivity (Wildman–Crippen MR) is 91.8 cm³/mol. The molecule has 0 spiro atoms. The van der Waals surface area contributed by atoms with E-state index in [2.05, 4.69) is 4.98 Å². The van der Waals surface area contributed by atoms with Gasteiger partial charge in [0.25, 0.3) is 12.4 Å². The molecular formula is C18H18N2O6. The molecule has 2 aliphatic rings. The van der Waals surface area contributed by atoms with Gasteiger partial charge in [0.15, 0.2) is 0 Å². The number of ether oxygens (including phenoxy) is 1. The van der Waals surface area contributed by atoms with Crippen LogP contribution in [0.15, 0.2) is 29.1 Å². The van der Waals surface area contributed by atoms with Gasteiger partial charge in [0.1, 0.15) is 0 Å². The maximum Gasteiger partial charge on any atom is 0.311 e. The van der Waals surface area contributed by atoms with Crippen LogP contribution in [0.3, 0.4) is 0 Å². The monoisotopic (exact) mass is 358 g/mol. The number of benzene rings is 1. The minimum Gasteiger partial charge on any atom is -0.483 e. The second kappa shape index (κ2) is 6.99. The molecule has 8 heteroatoms. The summed E-state index contributed by atoms with van der Waals surface area (Å²) in [5.74, 6) is -0.582. The normalized spacial score (nSPS) is 21.0. The van der Waals surface area contributed by atoms with Crippen molar-refractivity contribution < 1.29 is 24.2 Å². The molecule has 0 aliphatic carbocycles. The number of carbonyl (C=O) groups excluding carboxylic acids is 2. The zero-order valence-corrected chi connectivity index (χ0v) is 14.1. The van der Waals surface area contributed by atoms with E-state index >= 15 is 0 Å². The van der Waals surface area contributed by atoms with E-state index in [1.54, 1.807) is 11.0 Å². The molecule has 3 heterocycles. The average molecular weight is 358 g/mol. The summed E-state index contributed by atoms with van der Waals surface area (Å²) >= 11 is 0. The van der Waals surface area contributed by atoms with Gasteiger partial charge in [0.2, 0.25) is 5.56 Å². The van der Waals surface area contributed by atoms with Gasteiger partial charge in [-0.05, 0) is 19.1 Å². The SMILES string of the molecule is Cc1ccc2[nH]c(=O)cc(C(=O)N3C[C@@H]4COC(=O)[C@@H]4C3)c2c1.O=CO. The highest BCUT2D eigenvalue weighted by molar-refractivity contribution is 6.06. The highest BCUT2D eigenvalue weighted by Gasteiger charge is 2.45. The van der Waals surface area contributed by atoms with Gasteiger partial charge >= 0.3 is 5.97 Å². The van der Waals surface area contributed by atoms with Crippen molar-refractivity contribution in [2.24, 2.45) is 11.8 Å². The molecule has 4 rings (SSSR count). The molecular weight excluding hydrogens is 340 g/mol. The zero-order chi connectivity index (χ0) is 18.8. The molecule has 8 nitrogen and oxygen atoms in total. The third kappa shape index (κ3) is 3.17. The quantitative estimate of drug-likeness (QED) is 0.575. The third-order valence-electron chi connectivity index (χ3n) is 4.70. The summed E-state index contributed by atoms with van der Waals surface area (Å²) in [6, 6.07) is 6.93. The molecule has 0 saturated carbocycles. The van der Waals surface area contributed by atoms with E-state index in [0.29, 0.717) is 30.8 Å². The van der Waals surface area contributed by atoms with Crippen LogP contribution in [0.2, 0.25) is 0 Å². The highest BCUT2D eigenvalue weighted by Crippen LogP contribution is 2.31. The molecule has 2 fully saturated rings. The van der Waals surface area contributed by atoms with Gasteiger partial charge < -0.3 is 19.7 Å². The van der Waals surface area contributed by atoms with Crippen molar-refractivity contribution in [2.45, 2.75) is 6.92 Å². The van der Waals surface area contributed by atoms with Gasteiger partial charge in [-0.25, -0.2) is 0 Å². The molecule has 2 aliphatic heterocycles. The van der Waals surface area contributed by atoms with Gasteiger partial charge in [0.05, 0.1) is 18.1 Å². The number of aryl methyl sites for hydroxylation is 1. The number of fused-ring (bicyclic) bond motifs is 2. The Balaban J connectivity index is 0.000000613. The maximum absolute atomic E-state index is 12.9. The van der Waals surface area contributed by atoms with Gasteiger partial charge in [-0.1, -0.05) is 11.6 Å². The minimum atomic E-state index is -0.302. The Hall–Kier alpha value is -3.16. The van der Waals surface area contributed by atoms with Crippen molar-refractivity contribution in [3.63, 3.8) is 0 Å². The van der Waals surface area contributed by atoms with Crippen molar-refractivity contribution in [1.82, 2.24) is 9.88 Å². The topological polar surface area (TPSA) is 117 Å². The standard InChI is InChI=1S/C17H16N2O4.CH2O2/c1-9-2-3-14-11(4-9)12(5-15(20)18-14)16(21)19-6-10-8-23-17(22)13(10)7-19;2-1-3/h2-5,10,13H,6-8H2,1H3,(H,18,20);1H,(H,2,3)/t10-,13-;/m1./s1. The Morgan fingerprint density at radius 1 is 1.31 bits per heavy atom. The number of H-pyrrole nitrogens is 1. The van der Waals surface area contributed by atoms with Crippen LogP contribution in [0, 0.1) is 18.8 Å². The van der Waals surface area contributed by atoms with E-state index in [-0.39, 0.29) is 35.7 Å². The van der Waals surface area contributed by atoms with E-state index in [1.165, 1.54) is 6.07 Å². The van der Waals surface area contributed by atoms with Gasteiger partial charge in [-0.3, -0.25) is 19.2 Å². The molecule has 0 radical (unpaired) electrons. The fraction of sp³-hybridized carbons (Fsp3) is 0.333. The van der Waals surface area contributed by atoms with Gasteiger partial charge in [-0.2, -0.15) is 0 Å². The number of esters is 1. The third-order valence-corrected chi connectivity index (χ3v) is 4.70. The number of pyridine rings is 1. The molecule has 1 amide bonds. The van der Waals surface area contributed by atoms with Crippen LogP contribution in [0.1, 0.15) is 15.9 Å². The van der Waals surface area contributed by atoms with Crippen LogP contribution in [0.5, 0.6) is 0 Å². The Kier molecular flexibility index (Phi) is 4.75. The first-order chi connectivity index (χ1) is 12.4. The summed E-state index contributed by atoms with van der Waals surface area (Å²) < 4.78 is 5.03. The Morgan fingerprint density at radius 2 is 2.04 bits per heavy atom. The Morgan fingerprint density at radius 3 is 2.73 bits per heavy atom. The lowest BCUT2D eigenvalue weighted by molar-refractivity contribution is -0.141. The molecule has 1 aromatic heterocycles. The summed E-state index contributed by atoms with van der Waals surface area (Å²) in [5.41, 5.74) is 1.75. The molecule has 1 aromatic carbocycles. The number of likely N-dealkylation sites (tertiary alicyclic amines) is 1. The van der Waals surface area contributed by atoms with Crippen LogP contribution in [-0.4, -0.2) is 53.0 Å². The number of hydrogen-bond acceptors (Lipinski definition) is 5. The number of carbonyl (C=O) groups is 3. The lowest BCUT2D eigenvalue weighted by Crippen LogP contribution is -2.31. The number of hydrogen-bond donors (Lipinski definition) is 2. The predicted octanol–water partition coefficient (Wildman–Crippen LogP) is 0.782. The first-order valence-corrected chi connectivity index (χ1v) is 8.12. The van der Waals surface area contributed by atoms with Crippen LogP contribution < -0.4 is 5.56 Å². The lowest BCUT2D eigenvalue weighted by Gasteiger charge is -2.18. The van der Waals surface area contributed by atoms with Crippen molar-refractivity contribution >= 4 is 29.3 Å². The Bertz CT molecular complexity index is 935. The van der Waals surface area contributed by atoms with E-state index < -0.39 is 0 Å². The summed E-state index contributed by atoms with van der Waals surface area (Å²) in [6.45, 7) is 2.93. The van der Waals surface area contributed by atoms with E-state index in [0.717, 1.165) is 10.9 Å². The Labute approximate surface area is 148 Å². The second-order valence-corrected chi connectivity index (χ2v) is 6.41. The smallest absolute Gasteiger partial charge is 0.311 e. The van der Waals surface area contributed by atoms with Crippen LogP contribution >= 0.6 is 0 Å². The largest absolute Gasteiger partial charge is 0.483 e. The van der Waals surface area contributed by atoms with Crippen LogP contribution in [0.4, 0.5) is 0 Å². The average Bonchev–Trinajstić information content (AvgIpc) is 3.17.